The Labute approximate surface area is 89.8 Å². The van der Waals surface area contributed by atoms with Crippen molar-refractivity contribution in [2.45, 2.75) is 12.8 Å². The number of anilines is 2. The van der Waals surface area contributed by atoms with Crippen molar-refractivity contribution in [2.24, 2.45) is 5.92 Å². The molecule has 1 aliphatic heterocycles. The lowest BCUT2D eigenvalue weighted by molar-refractivity contribution is 0.185. The van der Waals surface area contributed by atoms with Crippen LogP contribution in [0.1, 0.15) is 12.8 Å². The van der Waals surface area contributed by atoms with Crippen molar-refractivity contribution in [3.05, 3.63) is 18.3 Å². The van der Waals surface area contributed by atoms with Gasteiger partial charge in [-0.25, -0.2) is 4.98 Å². The van der Waals surface area contributed by atoms with Crippen LogP contribution in [0.2, 0.25) is 0 Å². The van der Waals surface area contributed by atoms with E-state index < -0.39 is 0 Å². The van der Waals surface area contributed by atoms with Gasteiger partial charge in [-0.3, -0.25) is 0 Å². The van der Waals surface area contributed by atoms with E-state index >= 15 is 0 Å². The lowest BCUT2D eigenvalue weighted by Crippen LogP contribution is -2.11. The second-order valence-corrected chi connectivity index (χ2v) is 3.89. The molecule has 2 heterocycles. The molecule has 1 unspecified atom stereocenters. The van der Waals surface area contributed by atoms with Crippen LogP contribution in [0, 0.1) is 5.92 Å². The Bertz CT molecular complexity index is 310. The highest BCUT2D eigenvalue weighted by atomic mass is 16.5. The summed E-state index contributed by atoms with van der Waals surface area (Å²) < 4.78 is 5.32. The van der Waals surface area contributed by atoms with Gasteiger partial charge in [-0.15, -0.1) is 0 Å². The van der Waals surface area contributed by atoms with Crippen LogP contribution in [0.3, 0.4) is 0 Å². The third-order valence-electron chi connectivity index (χ3n) is 2.71. The van der Waals surface area contributed by atoms with E-state index in [2.05, 4.69) is 10.3 Å². The van der Waals surface area contributed by atoms with Gasteiger partial charge in [0.1, 0.15) is 5.82 Å². The minimum Gasteiger partial charge on any atom is -0.396 e. The van der Waals surface area contributed by atoms with Gasteiger partial charge in [0.2, 0.25) is 0 Å². The predicted molar refractivity (Wildman–Crippen MR) is 60.7 cm³/mol. The van der Waals surface area contributed by atoms with Gasteiger partial charge in [0.25, 0.3) is 0 Å². The molecule has 15 heavy (non-hydrogen) atoms. The Kier molecular flexibility index (Phi) is 3.40. The van der Waals surface area contributed by atoms with Crippen molar-refractivity contribution in [3.63, 3.8) is 0 Å². The Morgan fingerprint density at radius 2 is 2.53 bits per heavy atom. The molecule has 1 aromatic rings. The standard InChI is InChI=1S/C11H17N3O/c12-10-2-1-5-13-11(10)14-6-3-9-4-7-15-8-9/h1-2,5,9H,3-4,6-8,12H2,(H,13,14). The highest BCUT2D eigenvalue weighted by molar-refractivity contribution is 5.60. The van der Waals surface area contributed by atoms with Gasteiger partial charge in [-0.1, -0.05) is 0 Å². The molecule has 0 spiro atoms. The summed E-state index contributed by atoms with van der Waals surface area (Å²) in [6, 6.07) is 3.69. The molecule has 1 aromatic heterocycles. The zero-order chi connectivity index (χ0) is 10.5. The van der Waals surface area contributed by atoms with Crippen molar-refractivity contribution in [1.82, 2.24) is 4.98 Å². The maximum Gasteiger partial charge on any atom is 0.149 e. The number of aromatic nitrogens is 1. The Morgan fingerprint density at radius 3 is 3.27 bits per heavy atom. The van der Waals surface area contributed by atoms with E-state index in [0.717, 1.165) is 32.0 Å². The Morgan fingerprint density at radius 1 is 1.60 bits per heavy atom. The number of hydrogen-bond acceptors (Lipinski definition) is 4. The topological polar surface area (TPSA) is 60.2 Å². The van der Waals surface area contributed by atoms with Gasteiger partial charge in [-0.2, -0.15) is 0 Å². The van der Waals surface area contributed by atoms with Crippen LogP contribution in [0.5, 0.6) is 0 Å². The summed E-state index contributed by atoms with van der Waals surface area (Å²) in [5.41, 5.74) is 6.47. The van der Waals surface area contributed by atoms with Gasteiger partial charge < -0.3 is 15.8 Å². The van der Waals surface area contributed by atoms with Gasteiger partial charge >= 0.3 is 0 Å². The smallest absolute Gasteiger partial charge is 0.149 e. The molecule has 1 atom stereocenters. The van der Waals surface area contributed by atoms with Crippen LogP contribution >= 0.6 is 0 Å². The molecule has 2 rings (SSSR count). The zero-order valence-corrected chi connectivity index (χ0v) is 8.78. The van der Waals surface area contributed by atoms with Gasteiger partial charge in [0.15, 0.2) is 0 Å². The zero-order valence-electron chi connectivity index (χ0n) is 8.78. The average molecular weight is 207 g/mol. The molecule has 1 aliphatic rings. The van der Waals surface area contributed by atoms with E-state index in [1.54, 1.807) is 6.20 Å². The monoisotopic (exact) mass is 207 g/mol. The maximum absolute atomic E-state index is 5.77. The van der Waals surface area contributed by atoms with E-state index in [4.69, 9.17) is 10.5 Å². The van der Waals surface area contributed by atoms with Crippen LogP contribution in [0.4, 0.5) is 11.5 Å². The fourth-order valence-corrected chi connectivity index (χ4v) is 1.77. The van der Waals surface area contributed by atoms with Crippen LogP contribution in [0.25, 0.3) is 0 Å². The minimum atomic E-state index is 0.697. The van der Waals surface area contributed by atoms with Crippen LogP contribution < -0.4 is 11.1 Å². The number of pyridine rings is 1. The number of ether oxygens (including phenoxy) is 1. The van der Waals surface area contributed by atoms with Crippen molar-refractivity contribution < 1.29 is 4.74 Å². The van der Waals surface area contributed by atoms with Gasteiger partial charge in [0.05, 0.1) is 5.69 Å². The van der Waals surface area contributed by atoms with E-state index in [1.807, 2.05) is 12.1 Å². The van der Waals surface area contributed by atoms with Crippen LogP contribution in [0.15, 0.2) is 18.3 Å². The maximum atomic E-state index is 5.77. The number of nitrogens with one attached hydrogen (secondary N) is 1. The molecule has 82 valence electrons. The largest absolute Gasteiger partial charge is 0.396 e. The van der Waals surface area contributed by atoms with Crippen LogP contribution in [-0.2, 0) is 4.74 Å². The Balaban J connectivity index is 1.75. The summed E-state index contributed by atoms with van der Waals surface area (Å²) in [5.74, 6) is 1.49. The summed E-state index contributed by atoms with van der Waals surface area (Å²) in [5, 5.41) is 3.25. The van der Waals surface area contributed by atoms with Gasteiger partial charge in [-0.05, 0) is 30.9 Å². The first-order valence-electron chi connectivity index (χ1n) is 5.38. The van der Waals surface area contributed by atoms with Crippen molar-refractivity contribution in [2.75, 3.05) is 30.8 Å². The summed E-state index contributed by atoms with van der Waals surface area (Å²) >= 11 is 0. The Hall–Kier alpha value is -1.29. The molecule has 0 saturated carbocycles. The second kappa shape index (κ2) is 4.98. The first-order chi connectivity index (χ1) is 7.36. The molecule has 1 fully saturated rings. The number of nitrogens with two attached hydrogens (primary N) is 1. The molecule has 0 amide bonds. The fourth-order valence-electron chi connectivity index (χ4n) is 1.77. The summed E-state index contributed by atoms with van der Waals surface area (Å²) in [6.45, 7) is 2.73. The third-order valence-corrected chi connectivity index (χ3v) is 2.71. The molecule has 0 aromatic carbocycles. The van der Waals surface area contributed by atoms with Crippen molar-refractivity contribution in [3.8, 4) is 0 Å². The summed E-state index contributed by atoms with van der Waals surface area (Å²) in [6.07, 6.45) is 4.05. The lowest BCUT2D eigenvalue weighted by atomic mass is 10.1. The third kappa shape index (κ3) is 2.83. The molecule has 4 nitrogen and oxygen atoms in total. The van der Waals surface area contributed by atoms with Crippen molar-refractivity contribution >= 4 is 11.5 Å². The quantitative estimate of drug-likeness (QED) is 0.785. The van der Waals surface area contributed by atoms with Gasteiger partial charge in [0, 0.05) is 26.0 Å². The first-order valence-corrected chi connectivity index (χ1v) is 5.38. The normalized spacial score (nSPS) is 20.4. The fraction of sp³-hybridized carbons (Fsp3) is 0.545. The van der Waals surface area contributed by atoms with Crippen LogP contribution in [-0.4, -0.2) is 24.7 Å². The average Bonchev–Trinajstić information content (AvgIpc) is 2.74. The molecule has 3 N–H and O–H groups in total. The molecule has 4 heteroatoms. The highest BCUT2D eigenvalue weighted by Crippen LogP contribution is 2.17. The first kappa shape index (κ1) is 10.2. The summed E-state index contributed by atoms with van der Waals surface area (Å²) in [7, 11) is 0. The predicted octanol–water partition coefficient (Wildman–Crippen LogP) is 1.50. The lowest BCUT2D eigenvalue weighted by Gasteiger charge is -2.10. The minimum absolute atomic E-state index is 0.697. The SMILES string of the molecule is Nc1cccnc1NCCC1CCOC1. The van der Waals surface area contributed by atoms with Crippen molar-refractivity contribution in [1.29, 1.82) is 0 Å². The van der Waals surface area contributed by atoms with E-state index in [9.17, 15) is 0 Å². The second-order valence-electron chi connectivity index (χ2n) is 3.89. The molecular weight excluding hydrogens is 190 g/mol. The highest BCUT2D eigenvalue weighted by Gasteiger charge is 2.14. The van der Waals surface area contributed by atoms with E-state index in [-0.39, 0.29) is 0 Å². The molecule has 0 radical (unpaired) electrons. The molecule has 1 saturated heterocycles. The van der Waals surface area contributed by atoms with E-state index in [0.29, 0.717) is 11.6 Å². The molecule has 0 bridgehead atoms. The summed E-state index contributed by atoms with van der Waals surface area (Å²) in [4.78, 5) is 4.18. The van der Waals surface area contributed by atoms with E-state index in [1.165, 1.54) is 6.42 Å². The number of rotatable bonds is 4. The molecular formula is C11H17N3O. The molecule has 0 aliphatic carbocycles. The number of nitrogen functional groups attached to an aromatic ring is 1. The number of hydrogen-bond donors (Lipinski definition) is 2. The number of nitrogens with zero attached hydrogens (tertiary/aromatic N) is 1.